The Hall–Kier alpha value is -2.19. The van der Waals surface area contributed by atoms with Gasteiger partial charge in [-0.15, -0.1) is 0 Å². The van der Waals surface area contributed by atoms with Crippen LogP contribution in [0.2, 0.25) is 0 Å². The number of ether oxygens (including phenoxy) is 2. The molecule has 0 fully saturated rings. The third kappa shape index (κ3) is 9.33. The molecule has 1 rings (SSSR count). The van der Waals surface area contributed by atoms with Crippen molar-refractivity contribution < 1.29 is 27.5 Å². The minimum absolute atomic E-state index is 0.0194. The molecule has 0 amide bonds. The molecule has 0 spiro atoms. The molecule has 144 valence electrons. The second-order valence-corrected chi connectivity index (χ2v) is 7.96. The van der Waals surface area contributed by atoms with Crippen LogP contribution in [0.4, 0.5) is 0 Å². The molecule has 0 aliphatic rings. The lowest BCUT2D eigenvalue weighted by molar-refractivity contribution is -0.139. The summed E-state index contributed by atoms with van der Waals surface area (Å²) >= 11 is 0. The van der Waals surface area contributed by atoms with Crippen LogP contribution in [0.15, 0.2) is 42.5 Å². The number of hydrogen-bond acceptors (Lipinski definition) is 6. The number of nitrogens with one attached hydrogen (secondary N) is 1. The summed E-state index contributed by atoms with van der Waals surface area (Å²) in [4.78, 5) is 22.6. The molecule has 7 nitrogen and oxygen atoms in total. The largest absolute Gasteiger partial charge is 0.466 e. The third-order valence-electron chi connectivity index (χ3n) is 3.21. The van der Waals surface area contributed by atoms with E-state index in [1.807, 2.05) is 44.2 Å². The van der Waals surface area contributed by atoms with E-state index in [0.717, 1.165) is 17.7 Å². The molecular weight excluding hydrogens is 358 g/mol. The van der Waals surface area contributed by atoms with Crippen LogP contribution in [0.25, 0.3) is 0 Å². The molecule has 0 bridgehead atoms. The number of rotatable bonds is 10. The van der Waals surface area contributed by atoms with Gasteiger partial charge in [-0.2, -0.15) is 0 Å². The number of carbonyl (C=O) groups excluding carboxylic acids is 2. The molecule has 1 unspecified atom stereocenters. The van der Waals surface area contributed by atoms with Gasteiger partial charge in [0.25, 0.3) is 0 Å². The first kappa shape index (κ1) is 21.9. The molecule has 0 aromatic heterocycles. The Bertz CT molecular complexity index is 712. The van der Waals surface area contributed by atoms with Crippen molar-refractivity contribution in [2.45, 2.75) is 26.3 Å². The standard InChI is InChI=1S/C18H25NO6S/c1-14(2)13-26(22,23)19-16(11-15-7-5-4-6-8-15)12-25-18(21)10-9-17(20)24-3/h4-10,14,16,19H,11-13H2,1-3H3/b10-9+. The van der Waals surface area contributed by atoms with E-state index in [1.54, 1.807) is 0 Å². The zero-order valence-corrected chi connectivity index (χ0v) is 16.0. The number of hydrogen-bond donors (Lipinski definition) is 1. The van der Waals surface area contributed by atoms with Crippen molar-refractivity contribution in [2.75, 3.05) is 19.5 Å². The summed E-state index contributed by atoms with van der Waals surface area (Å²) in [5.74, 6) is -1.48. The molecule has 1 aromatic rings. The number of esters is 2. The maximum absolute atomic E-state index is 12.2. The highest BCUT2D eigenvalue weighted by Gasteiger charge is 2.21. The van der Waals surface area contributed by atoms with Crippen molar-refractivity contribution in [1.29, 1.82) is 0 Å². The van der Waals surface area contributed by atoms with Gasteiger partial charge in [-0.05, 0) is 17.9 Å². The maximum Gasteiger partial charge on any atom is 0.331 e. The van der Waals surface area contributed by atoms with Crippen molar-refractivity contribution in [3.63, 3.8) is 0 Å². The smallest absolute Gasteiger partial charge is 0.331 e. The van der Waals surface area contributed by atoms with Crippen molar-refractivity contribution in [3.8, 4) is 0 Å². The molecule has 1 N–H and O–H groups in total. The van der Waals surface area contributed by atoms with Crippen molar-refractivity contribution >= 4 is 22.0 Å². The highest BCUT2D eigenvalue weighted by atomic mass is 32.2. The number of carbonyl (C=O) groups is 2. The average molecular weight is 383 g/mol. The lowest BCUT2D eigenvalue weighted by Gasteiger charge is -2.19. The molecular formula is C18H25NO6S. The Balaban J connectivity index is 2.76. The van der Waals surface area contributed by atoms with Gasteiger partial charge in [-0.1, -0.05) is 44.2 Å². The van der Waals surface area contributed by atoms with Gasteiger partial charge in [0.05, 0.1) is 18.9 Å². The summed E-state index contributed by atoms with van der Waals surface area (Å²) in [5, 5.41) is 0. The molecule has 26 heavy (non-hydrogen) atoms. The minimum atomic E-state index is -3.51. The molecule has 8 heteroatoms. The van der Waals surface area contributed by atoms with Crippen LogP contribution in [0.3, 0.4) is 0 Å². The van der Waals surface area contributed by atoms with Gasteiger partial charge in [0.1, 0.15) is 6.61 Å². The average Bonchev–Trinajstić information content (AvgIpc) is 2.56. The van der Waals surface area contributed by atoms with Gasteiger partial charge in [0.2, 0.25) is 10.0 Å². The molecule has 1 aromatic carbocycles. The highest BCUT2D eigenvalue weighted by Crippen LogP contribution is 2.07. The van der Waals surface area contributed by atoms with E-state index in [9.17, 15) is 18.0 Å². The second-order valence-electron chi connectivity index (χ2n) is 6.17. The van der Waals surface area contributed by atoms with Gasteiger partial charge in [0.15, 0.2) is 0 Å². The number of benzene rings is 1. The summed E-state index contributed by atoms with van der Waals surface area (Å²) in [5.41, 5.74) is 0.908. The maximum atomic E-state index is 12.2. The molecule has 0 aliphatic carbocycles. The Morgan fingerprint density at radius 2 is 1.73 bits per heavy atom. The number of methoxy groups -OCH3 is 1. The molecule has 0 aliphatic heterocycles. The summed E-state index contributed by atoms with van der Waals surface area (Å²) < 4.78 is 36.5. The quantitative estimate of drug-likeness (QED) is 0.485. The molecule has 0 saturated heterocycles. The van der Waals surface area contributed by atoms with E-state index in [1.165, 1.54) is 7.11 Å². The third-order valence-corrected chi connectivity index (χ3v) is 5.01. The van der Waals surface area contributed by atoms with Crippen LogP contribution in [0.5, 0.6) is 0 Å². The first-order valence-electron chi connectivity index (χ1n) is 8.18. The summed E-state index contributed by atoms with van der Waals surface area (Å²) in [6.07, 6.45) is 2.25. The molecule has 0 radical (unpaired) electrons. The van der Waals surface area contributed by atoms with Crippen LogP contribution in [0, 0.1) is 5.92 Å². The van der Waals surface area contributed by atoms with E-state index in [4.69, 9.17) is 4.74 Å². The SMILES string of the molecule is COC(=O)/C=C/C(=O)OCC(Cc1ccccc1)NS(=O)(=O)CC(C)C. The molecule has 0 heterocycles. The fourth-order valence-corrected chi connectivity index (χ4v) is 3.84. The van der Waals surface area contributed by atoms with Crippen molar-refractivity contribution in [3.05, 3.63) is 48.0 Å². The normalized spacial score (nSPS) is 12.9. The van der Waals surface area contributed by atoms with E-state index < -0.39 is 28.0 Å². The van der Waals surface area contributed by atoms with Crippen molar-refractivity contribution in [2.24, 2.45) is 5.92 Å². The van der Waals surface area contributed by atoms with Crippen LogP contribution in [-0.2, 0) is 35.5 Å². The van der Waals surface area contributed by atoms with Crippen LogP contribution in [0.1, 0.15) is 19.4 Å². The first-order chi connectivity index (χ1) is 12.2. The van der Waals surface area contributed by atoms with Gasteiger partial charge < -0.3 is 9.47 Å². The van der Waals surface area contributed by atoms with Crippen LogP contribution in [-0.4, -0.2) is 45.9 Å². The lowest BCUT2D eigenvalue weighted by Crippen LogP contribution is -2.42. The Morgan fingerprint density at radius 1 is 1.12 bits per heavy atom. The highest BCUT2D eigenvalue weighted by molar-refractivity contribution is 7.89. The Morgan fingerprint density at radius 3 is 2.31 bits per heavy atom. The predicted molar refractivity (Wildman–Crippen MR) is 97.8 cm³/mol. The van der Waals surface area contributed by atoms with E-state index in [-0.39, 0.29) is 18.3 Å². The van der Waals surface area contributed by atoms with Gasteiger partial charge in [-0.3, -0.25) is 0 Å². The fraction of sp³-hybridized carbons (Fsp3) is 0.444. The van der Waals surface area contributed by atoms with Crippen LogP contribution < -0.4 is 4.72 Å². The Kier molecular flexibility index (Phi) is 9.01. The molecule has 0 saturated carbocycles. The predicted octanol–water partition coefficient (Wildman–Crippen LogP) is 1.45. The van der Waals surface area contributed by atoms with Gasteiger partial charge in [-0.25, -0.2) is 22.7 Å². The molecule has 1 atom stereocenters. The fourth-order valence-electron chi connectivity index (χ4n) is 2.21. The Labute approximate surface area is 154 Å². The van der Waals surface area contributed by atoms with E-state index in [2.05, 4.69) is 9.46 Å². The summed E-state index contributed by atoms with van der Waals surface area (Å²) in [6, 6.07) is 8.67. The summed E-state index contributed by atoms with van der Waals surface area (Å²) in [6.45, 7) is 3.46. The topological polar surface area (TPSA) is 98.8 Å². The zero-order valence-electron chi connectivity index (χ0n) is 15.2. The van der Waals surface area contributed by atoms with Gasteiger partial charge >= 0.3 is 11.9 Å². The monoisotopic (exact) mass is 383 g/mol. The van der Waals surface area contributed by atoms with Gasteiger partial charge in [0, 0.05) is 12.2 Å². The van der Waals surface area contributed by atoms with E-state index >= 15 is 0 Å². The zero-order chi connectivity index (χ0) is 19.6. The minimum Gasteiger partial charge on any atom is -0.466 e. The second kappa shape index (κ2) is 10.7. The number of sulfonamides is 1. The van der Waals surface area contributed by atoms with Crippen LogP contribution >= 0.6 is 0 Å². The summed E-state index contributed by atoms with van der Waals surface area (Å²) in [7, 11) is -2.32. The van der Waals surface area contributed by atoms with Crippen molar-refractivity contribution in [1.82, 2.24) is 4.72 Å². The lowest BCUT2D eigenvalue weighted by atomic mass is 10.1. The first-order valence-corrected chi connectivity index (χ1v) is 9.83. The van der Waals surface area contributed by atoms with E-state index in [0.29, 0.717) is 6.42 Å².